The van der Waals surface area contributed by atoms with E-state index in [2.05, 4.69) is 0 Å². The van der Waals surface area contributed by atoms with E-state index in [4.69, 9.17) is 18.9 Å². The molecule has 5 nitrogen and oxygen atoms in total. The summed E-state index contributed by atoms with van der Waals surface area (Å²) in [5, 5.41) is 0. The molecule has 19 heavy (non-hydrogen) atoms. The quantitative estimate of drug-likeness (QED) is 0.476. The monoisotopic (exact) mass is 268 g/mol. The van der Waals surface area contributed by atoms with Crippen LogP contribution in [0.5, 0.6) is 5.75 Å². The van der Waals surface area contributed by atoms with Gasteiger partial charge in [-0.25, -0.2) is 4.79 Å². The maximum atomic E-state index is 11.5. The molecular weight excluding hydrogens is 248 g/mol. The van der Waals surface area contributed by atoms with Gasteiger partial charge >= 0.3 is 6.16 Å². The van der Waals surface area contributed by atoms with Crippen molar-refractivity contribution in [3.63, 3.8) is 0 Å². The third-order valence-corrected chi connectivity index (χ3v) is 2.17. The van der Waals surface area contributed by atoms with Crippen molar-refractivity contribution in [2.24, 2.45) is 0 Å². The first-order chi connectivity index (χ1) is 8.85. The summed E-state index contributed by atoms with van der Waals surface area (Å²) in [5.41, 5.74) is 0.260. The highest BCUT2D eigenvalue weighted by atomic mass is 16.7. The topological polar surface area (TPSA) is 54.0 Å². The molecule has 106 valence electrons. The Labute approximate surface area is 113 Å². The van der Waals surface area contributed by atoms with Gasteiger partial charge in [0.1, 0.15) is 11.4 Å². The molecule has 0 saturated carbocycles. The van der Waals surface area contributed by atoms with Crippen LogP contribution >= 0.6 is 0 Å². The molecule has 0 saturated heterocycles. The molecule has 0 N–H and O–H groups in total. The number of ether oxygens (including phenoxy) is 4. The summed E-state index contributed by atoms with van der Waals surface area (Å²) in [7, 11) is 3.11. The molecule has 0 aliphatic heterocycles. The molecule has 1 aromatic carbocycles. The molecule has 0 aliphatic carbocycles. The summed E-state index contributed by atoms with van der Waals surface area (Å²) >= 11 is 0. The number of hydrogen-bond donors (Lipinski definition) is 0. The highest BCUT2D eigenvalue weighted by Crippen LogP contribution is 2.21. The van der Waals surface area contributed by atoms with Gasteiger partial charge in [-0.05, 0) is 32.9 Å². The standard InChI is InChI=1S/C14H20O5/c1-14(2,3)19-13(15)18-11-8-6-10(7-9-11)12(16-4)17-5/h6-9,12H,1-5H3. The molecule has 1 aromatic rings. The first-order valence-electron chi connectivity index (χ1n) is 5.92. The summed E-state index contributed by atoms with van der Waals surface area (Å²) in [5.74, 6) is 0.406. The van der Waals surface area contributed by atoms with E-state index >= 15 is 0 Å². The SMILES string of the molecule is COC(OC)c1ccc(OC(=O)OC(C)(C)C)cc1. The van der Waals surface area contributed by atoms with Crippen LogP contribution in [-0.4, -0.2) is 26.0 Å². The van der Waals surface area contributed by atoms with E-state index in [-0.39, 0.29) is 0 Å². The highest BCUT2D eigenvalue weighted by molar-refractivity contribution is 5.64. The Hall–Kier alpha value is -1.59. The average Bonchev–Trinajstić information content (AvgIpc) is 2.30. The second-order valence-corrected chi connectivity index (χ2v) is 4.94. The Kier molecular flexibility index (Phi) is 5.32. The van der Waals surface area contributed by atoms with Crippen LogP contribution in [0.1, 0.15) is 32.6 Å². The van der Waals surface area contributed by atoms with Gasteiger partial charge in [-0.1, -0.05) is 12.1 Å². The van der Waals surface area contributed by atoms with Crippen LogP contribution in [0.3, 0.4) is 0 Å². The van der Waals surface area contributed by atoms with Gasteiger partial charge in [0.25, 0.3) is 0 Å². The summed E-state index contributed by atoms with van der Waals surface area (Å²) in [6.45, 7) is 5.33. The van der Waals surface area contributed by atoms with Gasteiger partial charge in [0.2, 0.25) is 0 Å². The Morgan fingerprint density at radius 2 is 1.58 bits per heavy atom. The zero-order valence-electron chi connectivity index (χ0n) is 11.9. The second-order valence-electron chi connectivity index (χ2n) is 4.94. The van der Waals surface area contributed by atoms with E-state index < -0.39 is 18.0 Å². The lowest BCUT2D eigenvalue weighted by Crippen LogP contribution is -2.25. The van der Waals surface area contributed by atoms with Crippen LogP contribution in [0.4, 0.5) is 4.79 Å². The Bertz CT molecular complexity index is 401. The molecule has 0 fully saturated rings. The van der Waals surface area contributed by atoms with Crippen LogP contribution in [0, 0.1) is 0 Å². The first kappa shape index (κ1) is 15.5. The fraction of sp³-hybridized carbons (Fsp3) is 0.500. The van der Waals surface area contributed by atoms with Crippen molar-refractivity contribution in [3.05, 3.63) is 29.8 Å². The summed E-state index contributed by atoms with van der Waals surface area (Å²) in [6, 6.07) is 6.84. The lowest BCUT2D eigenvalue weighted by Gasteiger charge is -2.19. The molecule has 0 radical (unpaired) electrons. The Balaban J connectivity index is 2.64. The molecule has 0 atom stereocenters. The number of carbonyl (C=O) groups is 1. The van der Waals surface area contributed by atoms with E-state index in [9.17, 15) is 4.79 Å². The molecule has 0 bridgehead atoms. The van der Waals surface area contributed by atoms with Crippen LogP contribution < -0.4 is 4.74 Å². The van der Waals surface area contributed by atoms with Crippen molar-refractivity contribution in [2.75, 3.05) is 14.2 Å². The van der Waals surface area contributed by atoms with Gasteiger partial charge in [0.15, 0.2) is 6.29 Å². The fourth-order valence-electron chi connectivity index (χ4n) is 1.43. The number of carbonyl (C=O) groups excluding carboxylic acids is 1. The van der Waals surface area contributed by atoms with Crippen LogP contribution in [-0.2, 0) is 14.2 Å². The summed E-state index contributed by atoms with van der Waals surface area (Å²) in [4.78, 5) is 11.5. The second kappa shape index (κ2) is 6.54. The van der Waals surface area contributed by atoms with E-state index in [1.165, 1.54) is 0 Å². The molecule has 0 heterocycles. The van der Waals surface area contributed by atoms with E-state index in [1.807, 2.05) is 0 Å². The van der Waals surface area contributed by atoms with Crippen LogP contribution in [0.15, 0.2) is 24.3 Å². The van der Waals surface area contributed by atoms with E-state index in [0.29, 0.717) is 5.75 Å². The van der Waals surface area contributed by atoms with Crippen molar-refractivity contribution >= 4 is 6.16 Å². The number of benzene rings is 1. The number of methoxy groups -OCH3 is 2. The number of rotatable bonds is 4. The molecule has 0 unspecified atom stereocenters. The van der Waals surface area contributed by atoms with Gasteiger partial charge in [-0.2, -0.15) is 0 Å². The molecule has 0 spiro atoms. The summed E-state index contributed by atoms with van der Waals surface area (Å²) < 4.78 is 20.3. The molecule has 0 amide bonds. The zero-order chi connectivity index (χ0) is 14.5. The van der Waals surface area contributed by atoms with Crippen LogP contribution in [0.2, 0.25) is 0 Å². The highest BCUT2D eigenvalue weighted by Gasteiger charge is 2.18. The Morgan fingerprint density at radius 3 is 2.00 bits per heavy atom. The molecule has 1 rings (SSSR count). The fourth-order valence-corrected chi connectivity index (χ4v) is 1.43. The van der Waals surface area contributed by atoms with Crippen molar-refractivity contribution in [3.8, 4) is 5.75 Å². The van der Waals surface area contributed by atoms with Crippen molar-refractivity contribution in [2.45, 2.75) is 32.7 Å². The largest absolute Gasteiger partial charge is 0.514 e. The third-order valence-electron chi connectivity index (χ3n) is 2.17. The smallest absolute Gasteiger partial charge is 0.428 e. The molecular formula is C14H20O5. The maximum absolute atomic E-state index is 11.5. The van der Waals surface area contributed by atoms with Gasteiger partial charge in [0, 0.05) is 19.8 Å². The molecule has 0 aromatic heterocycles. The maximum Gasteiger partial charge on any atom is 0.514 e. The molecule has 5 heteroatoms. The van der Waals surface area contributed by atoms with Crippen molar-refractivity contribution < 1.29 is 23.7 Å². The minimum absolute atomic E-state index is 0.406. The van der Waals surface area contributed by atoms with E-state index in [0.717, 1.165) is 5.56 Å². The van der Waals surface area contributed by atoms with Crippen LogP contribution in [0.25, 0.3) is 0 Å². The van der Waals surface area contributed by atoms with Gasteiger partial charge in [0.05, 0.1) is 0 Å². The molecule has 0 aliphatic rings. The van der Waals surface area contributed by atoms with Gasteiger partial charge < -0.3 is 18.9 Å². The zero-order valence-corrected chi connectivity index (χ0v) is 11.9. The third kappa shape index (κ3) is 5.28. The average molecular weight is 268 g/mol. The van der Waals surface area contributed by atoms with Crippen molar-refractivity contribution in [1.29, 1.82) is 0 Å². The predicted molar refractivity (Wildman–Crippen MR) is 70.1 cm³/mol. The minimum Gasteiger partial charge on any atom is -0.428 e. The minimum atomic E-state index is -0.727. The lowest BCUT2D eigenvalue weighted by molar-refractivity contribution is -0.106. The van der Waals surface area contributed by atoms with Gasteiger partial charge in [-0.15, -0.1) is 0 Å². The normalized spacial score (nSPS) is 11.5. The van der Waals surface area contributed by atoms with Crippen molar-refractivity contribution in [1.82, 2.24) is 0 Å². The Morgan fingerprint density at radius 1 is 1.05 bits per heavy atom. The van der Waals surface area contributed by atoms with E-state index in [1.54, 1.807) is 59.3 Å². The summed E-state index contributed by atoms with van der Waals surface area (Å²) in [6.07, 6.45) is -1.16. The first-order valence-corrected chi connectivity index (χ1v) is 5.92. The predicted octanol–water partition coefficient (Wildman–Crippen LogP) is 3.29. The van der Waals surface area contributed by atoms with Gasteiger partial charge in [-0.3, -0.25) is 0 Å². The number of hydrogen-bond acceptors (Lipinski definition) is 5. The lowest BCUT2D eigenvalue weighted by atomic mass is 10.2.